The van der Waals surface area contributed by atoms with Crippen molar-refractivity contribution in [2.24, 2.45) is 5.73 Å². The van der Waals surface area contributed by atoms with E-state index in [2.05, 4.69) is 5.32 Å². The van der Waals surface area contributed by atoms with Gasteiger partial charge in [0.25, 0.3) is 5.91 Å². The summed E-state index contributed by atoms with van der Waals surface area (Å²) in [7, 11) is 0. The first-order valence-electron chi connectivity index (χ1n) is 8.25. The van der Waals surface area contributed by atoms with Gasteiger partial charge in [-0.3, -0.25) is 4.79 Å². The van der Waals surface area contributed by atoms with Crippen LogP contribution in [0.1, 0.15) is 24.8 Å². The van der Waals surface area contributed by atoms with Crippen LogP contribution in [0.3, 0.4) is 0 Å². The number of hydrogen-bond donors (Lipinski definition) is 2. The van der Waals surface area contributed by atoms with Crippen molar-refractivity contribution in [3.63, 3.8) is 0 Å². The average molecular weight is 391 g/mol. The Labute approximate surface area is 156 Å². The zero-order valence-corrected chi connectivity index (χ0v) is 14.9. The summed E-state index contributed by atoms with van der Waals surface area (Å²) in [6, 6.07) is 9.27. The summed E-state index contributed by atoms with van der Waals surface area (Å²) in [6.45, 7) is 0.154. The van der Waals surface area contributed by atoms with Gasteiger partial charge in [0.2, 0.25) is 5.60 Å². The van der Waals surface area contributed by atoms with Gasteiger partial charge >= 0.3 is 6.18 Å². The van der Waals surface area contributed by atoms with Gasteiger partial charge in [0.15, 0.2) is 0 Å². The molecule has 1 atom stereocenters. The van der Waals surface area contributed by atoms with Crippen molar-refractivity contribution in [1.82, 2.24) is 5.32 Å². The molecular formula is C18H22ClF3N2O2. The number of nitrogens with one attached hydrogen (secondary N) is 1. The lowest BCUT2D eigenvalue weighted by Crippen LogP contribution is -2.64. The maximum absolute atomic E-state index is 13.5. The van der Waals surface area contributed by atoms with Gasteiger partial charge in [0.1, 0.15) is 0 Å². The monoisotopic (exact) mass is 390 g/mol. The molecule has 4 nitrogen and oxygen atoms in total. The third-order valence-corrected chi connectivity index (χ3v) is 5.21. The standard InChI is InChI=1S/C18H21F3N2O2.ClH/c19-18(20,21)17(8-4-5-9-25-17)15(24)23-14-10-16(11-14,12-22)13-6-2-1-3-7-13;/h1-7,14H,8-12,22H2,(H,23,24);1H. The van der Waals surface area contributed by atoms with E-state index in [9.17, 15) is 18.0 Å². The fraction of sp³-hybridized carbons (Fsp3) is 0.500. The van der Waals surface area contributed by atoms with Crippen molar-refractivity contribution in [1.29, 1.82) is 0 Å². The summed E-state index contributed by atoms with van der Waals surface area (Å²) in [5.41, 5.74) is 3.86. The highest BCUT2D eigenvalue weighted by atomic mass is 35.5. The predicted octanol–water partition coefficient (Wildman–Crippen LogP) is 2.86. The first kappa shape index (κ1) is 20.7. The maximum atomic E-state index is 13.5. The van der Waals surface area contributed by atoms with E-state index in [0.29, 0.717) is 19.4 Å². The van der Waals surface area contributed by atoms with Crippen molar-refractivity contribution in [2.45, 2.75) is 42.5 Å². The fourth-order valence-corrected chi connectivity index (χ4v) is 3.65. The van der Waals surface area contributed by atoms with Gasteiger partial charge in [0, 0.05) is 24.4 Å². The fourth-order valence-electron chi connectivity index (χ4n) is 3.65. The third-order valence-electron chi connectivity index (χ3n) is 5.21. The lowest BCUT2D eigenvalue weighted by Gasteiger charge is -2.49. The second-order valence-electron chi connectivity index (χ2n) is 6.74. The number of amides is 1. The molecule has 1 saturated carbocycles. The molecule has 0 radical (unpaired) electrons. The van der Waals surface area contributed by atoms with Gasteiger partial charge in [-0.1, -0.05) is 42.5 Å². The quantitative estimate of drug-likeness (QED) is 0.777. The molecule has 26 heavy (non-hydrogen) atoms. The molecule has 1 fully saturated rings. The van der Waals surface area contributed by atoms with Crippen LogP contribution < -0.4 is 11.1 Å². The Kier molecular flexibility index (Phi) is 6.05. The van der Waals surface area contributed by atoms with Crippen LogP contribution in [0.2, 0.25) is 0 Å². The number of benzene rings is 1. The topological polar surface area (TPSA) is 64.3 Å². The van der Waals surface area contributed by atoms with Crippen molar-refractivity contribution in [2.75, 3.05) is 13.2 Å². The molecule has 1 heterocycles. The van der Waals surface area contributed by atoms with E-state index >= 15 is 0 Å². The van der Waals surface area contributed by atoms with Crippen molar-refractivity contribution < 1.29 is 22.7 Å². The van der Waals surface area contributed by atoms with E-state index in [0.717, 1.165) is 5.56 Å². The van der Waals surface area contributed by atoms with E-state index in [-0.39, 0.29) is 30.5 Å². The van der Waals surface area contributed by atoms with Crippen LogP contribution >= 0.6 is 12.4 Å². The van der Waals surface area contributed by atoms with Gasteiger partial charge in [-0.15, -0.1) is 12.4 Å². The lowest BCUT2D eigenvalue weighted by atomic mass is 9.61. The molecule has 0 saturated heterocycles. The zero-order chi connectivity index (χ0) is 18.1. The summed E-state index contributed by atoms with van der Waals surface area (Å²) in [6.07, 6.45) is -1.42. The second-order valence-corrected chi connectivity index (χ2v) is 6.74. The number of hydrogen-bond acceptors (Lipinski definition) is 3. The van der Waals surface area contributed by atoms with Crippen LogP contribution in [0.4, 0.5) is 13.2 Å². The van der Waals surface area contributed by atoms with Gasteiger partial charge in [-0.05, 0) is 18.4 Å². The molecule has 1 aromatic carbocycles. The minimum absolute atomic E-state index is 0. The van der Waals surface area contributed by atoms with Gasteiger partial charge < -0.3 is 15.8 Å². The minimum Gasteiger partial charge on any atom is -0.353 e. The number of carbonyl (C=O) groups excluding carboxylic acids is 1. The van der Waals surface area contributed by atoms with Crippen molar-refractivity contribution in [3.05, 3.63) is 48.0 Å². The normalized spacial score (nSPS) is 30.8. The Morgan fingerprint density at radius 2 is 1.88 bits per heavy atom. The number of halogens is 4. The number of carbonyl (C=O) groups is 1. The Bertz CT molecular complexity index is 660. The molecular weight excluding hydrogens is 369 g/mol. The highest BCUT2D eigenvalue weighted by Crippen LogP contribution is 2.44. The van der Waals surface area contributed by atoms with Crippen LogP contribution in [0.15, 0.2) is 42.5 Å². The highest BCUT2D eigenvalue weighted by molar-refractivity contribution is 5.87. The second kappa shape index (κ2) is 7.58. The van der Waals surface area contributed by atoms with E-state index in [1.807, 2.05) is 30.3 Å². The predicted molar refractivity (Wildman–Crippen MR) is 94.1 cm³/mol. The molecule has 1 aliphatic heterocycles. The van der Waals surface area contributed by atoms with E-state index in [1.165, 1.54) is 12.2 Å². The number of rotatable bonds is 4. The van der Waals surface area contributed by atoms with Crippen LogP contribution in [-0.2, 0) is 14.9 Å². The first-order valence-corrected chi connectivity index (χ1v) is 8.25. The molecule has 0 spiro atoms. The molecule has 0 bridgehead atoms. The molecule has 144 valence electrons. The van der Waals surface area contributed by atoms with Gasteiger partial charge in [-0.25, -0.2) is 0 Å². The van der Waals surface area contributed by atoms with Gasteiger partial charge in [0.05, 0.1) is 6.61 Å². The maximum Gasteiger partial charge on any atom is 0.426 e. The SMILES string of the molecule is Cl.NCC1(c2ccccc2)CC(NC(=O)C2(C(F)(F)F)CC=CCO2)C1. The van der Waals surface area contributed by atoms with E-state index < -0.39 is 24.1 Å². The lowest BCUT2D eigenvalue weighted by molar-refractivity contribution is -0.266. The average Bonchev–Trinajstić information content (AvgIpc) is 2.58. The number of nitrogens with two attached hydrogens (primary N) is 1. The smallest absolute Gasteiger partial charge is 0.353 e. The Morgan fingerprint density at radius 1 is 1.23 bits per heavy atom. The number of ether oxygens (including phenoxy) is 1. The summed E-state index contributed by atoms with van der Waals surface area (Å²) in [5.74, 6) is -1.12. The molecule has 1 aliphatic carbocycles. The van der Waals surface area contributed by atoms with Crippen LogP contribution in [-0.4, -0.2) is 36.9 Å². The molecule has 2 aliphatic rings. The van der Waals surface area contributed by atoms with Crippen molar-refractivity contribution in [3.8, 4) is 0 Å². The first-order chi connectivity index (χ1) is 11.8. The molecule has 3 N–H and O–H groups in total. The summed E-state index contributed by atoms with van der Waals surface area (Å²) < 4.78 is 45.3. The summed E-state index contributed by atoms with van der Waals surface area (Å²) in [4.78, 5) is 12.4. The summed E-state index contributed by atoms with van der Waals surface area (Å²) in [5, 5.41) is 2.52. The Balaban J connectivity index is 0.00000243. The summed E-state index contributed by atoms with van der Waals surface area (Å²) >= 11 is 0. The molecule has 1 unspecified atom stereocenters. The third kappa shape index (κ3) is 3.48. The largest absolute Gasteiger partial charge is 0.426 e. The molecule has 0 aromatic heterocycles. The molecule has 3 rings (SSSR count). The van der Waals surface area contributed by atoms with E-state index in [1.54, 1.807) is 0 Å². The molecule has 1 amide bonds. The van der Waals surface area contributed by atoms with Crippen LogP contribution in [0.25, 0.3) is 0 Å². The Morgan fingerprint density at radius 3 is 2.38 bits per heavy atom. The van der Waals surface area contributed by atoms with Crippen LogP contribution in [0.5, 0.6) is 0 Å². The zero-order valence-electron chi connectivity index (χ0n) is 14.1. The molecule has 8 heteroatoms. The number of alkyl halides is 3. The van der Waals surface area contributed by atoms with Crippen molar-refractivity contribution >= 4 is 18.3 Å². The molecule has 1 aromatic rings. The highest BCUT2D eigenvalue weighted by Gasteiger charge is 2.62. The van der Waals surface area contributed by atoms with Crippen LogP contribution in [0, 0.1) is 0 Å². The van der Waals surface area contributed by atoms with Gasteiger partial charge in [-0.2, -0.15) is 13.2 Å². The minimum atomic E-state index is -4.77. The van der Waals surface area contributed by atoms with E-state index in [4.69, 9.17) is 10.5 Å². The Hall–Kier alpha value is -1.57.